The third kappa shape index (κ3) is 7.76. The van der Waals surface area contributed by atoms with Gasteiger partial charge in [-0.2, -0.15) is 4.39 Å². The third-order valence-corrected chi connectivity index (χ3v) is 9.28. The van der Waals surface area contributed by atoms with Crippen LogP contribution in [0.5, 0.6) is 0 Å². The monoisotopic (exact) mass is 606 g/mol. The molecule has 43 heavy (non-hydrogen) atoms. The Morgan fingerprint density at radius 3 is 1.58 bits per heavy atom. The standard InChI is InChI=1S/C20H20S.C19H16F2S/c1-3-5-16-7-9-17(10-8-16)18-11-12-19(15(2)14-18)20-6-4-13-21-20;1-2-3-13-4-6-14(7-5-13)15-8-9-16(17(20)12-15)18-10-11-19(21)22-18/h4,6-14H,3,5H2,1-2H3;4-12H,2-3H2,1H3. The Balaban J connectivity index is 0.000000171. The van der Waals surface area contributed by atoms with E-state index >= 15 is 0 Å². The van der Waals surface area contributed by atoms with Crippen LogP contribution in [0.15, 0.2) is 115 Å². The Bertz CT molecular complexity index is 1740. The Kier molecular flexibility index (Phi) is 10.3. The second-order valence-electron chi connectivity index (χ2n) is 10.7. The predicted octanol–water partition coefficient (Wildman–Crippen LogP) is 12.7. The molecule has 0 spiro atoms. The van der Waals surface area contributed by atoms with Gasteiger partial charge in [0, 0.05) is 15.3 Å². The van der Waals surface area contributed by atoms with E-state index in [-0.39, 0.29) is 10.9 Å². The molecule has 0 aliphatic carbocycles. The highest BCUT2D eigenvalue weighted by atomic mass is 32.1. The first-order valence-corrected chi connectivity index (χ1v) is 16.5. The van der Waals surface area contributed by atoms with Crippen LogP contribution in [-0.2, 0) is 12.8 Å². The van der Waals surface area contributed by atoms with Crippen molar-refractivity contribution < 1.29 is 8.78 Å². The van der Waals surface area contributed by atoms with Gasteiger partial charge in [-0.25, -0.2) is 4.39 Å². The van der Waals surface area contributed by atoms with Crippen LogP contribution in [0.3, 0.4) is 0 Å². The molecule has 0 nitrogen and oxygen atoms in total. The summed E-state index contributed by atoms with van der Waals surface area (Å²) in [6, 6.07) is 36.3. The summed E-state index contributed by atoms with van der Waals surface area (Å²) in [7, 11) is 0. The summed E-state index contributed by atoms with van der Waals surface area (Å²) in [5, 5.41) is 1.83. The zero-order valence-electron chi connectivity index (χ0n) is 24.9. The normalized spacial score (nSPS) is 10.8. The van der Waals surface area contributed by atoms with E-state index in [1.165, 1.54) is 56.8 Å². The minimum absolute atomic E-state index is 0.301. The van der Waals surface area contributed by atoms with Gasteiger partial charge in [-0.3, -0.25) is 0 Å². The van der Waals surface area contributed by atoms with Gasteiger partial charge in [0.05, 0.1) is 0 Å². The van der Waals surface area contributed by atoms with Gasteiger partial charge >= 0.3 is 0 Å². The molecule has 0 fully saturated rings. The number of aryl methyl sites for hydroxylation is 3. The van der Waals surface area contributed by atoms with Crippen molar-refractivity contribution in [1.29, 1.82) is 0 Å². The van der Waals surface area contributed by atoms with Crippen molar-refractivity contribution in [1.82, 2.24) is 0 Å². The van der Waals surface area contributed by atoms with Gasteiger partial charge in [0.1, 0.15) is 5.82 Å². The number of benzene rings is 4. The minimum Gasteiger partial charge on any atom is -0.206 e. The van der Waals surface area contributed by atoms with Crippen LogP contribution < -0.4 is 0 Å². The molecule has 0 N–H and O–H groups in total. The van der Waals surface area contributed by atoms with Gasteiger partial charge in [0.2, 0.25) is 0 Å². The molecular weight excluding hydrogens is 571 g/mol. The average molecular weight is 607 g/mol. The van der Waals surface area contributed by atoms with E-state index in [9.17, 15) is 8.78 Å². The number of hydrogen-bond acceptors (Lipinski definition) is 2. The van der Waals surface area contributed by atoms with Gasteiger partial charge in [0.15, 0.2) is 5.13 Å². The summed E-state index contributed by atoms with van der Waals surface area (Å²) >= 11 is 2.76. The molecule has 6 rings (SSSR count). The zero-order valence-corrected chi connectivity index (χ0v) is 26.5. The number of halogens is 2. The topological polar surface area (TPSA) is 0 Å². The maximum absolute atomic E-state index is 14.3. The predicted molar refractivity (Wildman–Crippen MR) is 183 cm³/mol. The van der Waals surface area contributed by atoms with Gasteiger partial charge < -0.3 is 0 Å². The summed E-state index contributed by atoms with van der Waals surface area (Å²) in [5.41, 5.74) is 10.3. The maximum atomic E-state index is 14.3. The van der Waals surface area contributed by atoms with Crippen molar-refractivity contribution in [3.05, 3.63) is 142 Å². The lowest BCUT2D eigenvalue weighted by molar-refractivity contribution is 0.632. The summed E-state index contributed by atoms with van der Waals surface area (Å²) in [6.45, 7) is 6.57. The van der Waals surface area contributed by atoms with Crippen LogP contribution in [0.2, 0.25) is 0 Å². The maximum Gasteiger partial charge on any atom is 0.176 e. The summed E-state index contributed by atoms with van der Waals surface area (Å²) < 4.78 is 27.4. The highest BCUT2D eigenvalue weighted by Gasteiger charge is 2.10. The van der Waals surface area contributed by atoms with Crippen molar-refractivity contribution in [2.75, 3.05) is 0 Å². The second-order valence-corrected chi connectivity index (χ2v) is 12.7. The Morgan fingerprint density at radius 2 is 1.12 bits per heavy atom. The third-order valence-electron chi connectivity index (χ3n) is 7.47. The zero-order chi connectivity index (χ0) is 30.2. The summed E-state index contributed by atoms with van der Waals surface area (Å²) in [4.78, 5) is 1.96. The lowest BCUT2D eigenvalue weighted by Gasteiger charge is -2.08. The fraction of sp³-hybridized carbons (Fsp3) is 0.179. The quantitative estimate of drug-likeness (QED) is 0.162. The van der Waals surface area contributed by atoms with Gasteiger partial charge in [-0.1, -0.05) is 106 Å². The van der Waals surface area contributed by atoms with Crippen LogP contribution in [0.4, 0.5) is 8.78 Å². The molecule has 0 atom stereocenters. The molecule has 0 aliphatic heterocycles. The first-order valence-electron chi connectivity index (χ1n) is 14.8. The number of hydrogen-bond donors (Lipinski definition) is 0. The fourth-order valence-electron chi connectivity index (χ4n) is 5.21. The fourth-order valence-corrected chi connectivity index (χ4v) is 6.78. The average Bonchev–Trinajstić information content (AvgIpc) is 3.71. The van der Waals surface area contributed by atoms with E-state index < -0.39 is 0 Å². The van der Waals surface area contributed by atoms with E-state index in [0.29, 0.717) is 10.4 Å². The van der Waals surface area contributed by atoms with E-state index in [2.05, 4.69) is 92.9 Å². The molecule has 6 aromatic rings. The van der Waals surface area contributed by atoms with Crippen molar-refractivity contribution in [2.45, 2.75) is 46.5 Å². The molecule has 0 amide bonds. The molecular formula is C39H36F2S2. The minimum atomic E-state index is -0.322. The van der Waals surface area contributed by atoms with Gasteiger partial charge in [-0.15, -0.1) is 22.7 Å². The SMILES string of the molecule is CCCc1ccc(-c2ccc(-c3ccc(F)s3)c(F)c2)cc1.CCCc1ccc(-c2ccc(-c3cccs3)c(C)c2)cc1. The lowest BCUT2D eigenvalue weighted by Crippen LogP contribution is -1.86. The van der Waals surface area contributed by atoms with Crippen molar-refractivity contribution in [3.8, 4) is 43.1 Å². The van der Waals surface area contributed by atoms with Crippen LogP contribution in [0.1, 0.15) is 43.4 Å². The lowest BCUT2D eigenvalue weighted by atomic mass is 9.98. The van der Waals surface area contributed by atoms with E-state index in [1.807, 2.05) is 18.2 Å². The Morgan fingerprint density at radius 1 is 0.558 bits per heavy atom. The largest absolute Gasteiger partial charge is 0.206 e. The van der Waals surface area contributed by atoms with Crippen LogP contribution >= 0.6 is 22.7 Å². The number of thiophene rings is 2. The molecule has 0 aliphatic rings. The molecule has 0 bridgehead atoms. The summed E-state index contributed by atoms with van der Waals surface area (Å²) in [6.07, 6.45) is 4.53. The van der Waals surface area contributed by atoms with Crippen molar-refractivity contribution >= 4 is 22.7 Å². The molecule has 4 heteroatoms. The molecule has 0 saturated carbocycles. The Hall–Kier alpha value is -3.86. The second kappa shape index (κ2) is 14.5. The number of rotatable bonds is 8. The first-order chi connectivity index (χ1) is 20.9. The molecule has 218 valence electrons. The molecule has 4 aromatic carbocycles. The highest BCUT2D eigenvalue weighted by Crippen LogP contribution is 2.33. The van der Waals surface area contributed by atoms with Crippen molar-refractivity contribution in [3.63, 3.8) is 0 Å². The van der Waals surface area contributed by atoms with E-state index in [1.54, 1.807) is 23.5 Å². The first kappa shape index (κ1) is 30.6. The van der Waals surface area contributed by atoms with Crippen LogP contribution in [0.25, 0.3) is 43.1 Å². The molecule has 0 saturated heterocycles. The summed E-state index contributed by atoms with van der Waals surface area (Å²) in [5.74, 6) is -0.322. The molecule has 0 unspecified atom stereocenters. The van der Waals surface area contributed by atoms with E-state index in [0.717, 1.165) is 41.7 Å². The Labute approximate surface area is 262 Å². The molecule has 2 aromatic heterocycles. The van der Waals surface area contributed by atoms with Crippen LogP contribution in [-0.4, -0.2) is 0 Å². The smallest absolute Gasteiger partial charge is 0.176 e. The van der Waals surface area contributed by atoms with Crippen molar-refractivity contribution in [2.24, 2.45) is 0 Å². The molecule has 0 radical (unpaired) electrons. The van der Waals surface area contributed by atoms with Gasteiger partial charge in [0.25, 0.3) is 0 Å². The van der Waals surface area contributed by atoms with E-state index in [4.69, 9.17) is 0 Å². The molecule has 2 heterocycles. The van der Waals surface area contributed by atoms with Gasteiger partial charge in [-0.05, 0) is 100.0 Å². The highest BCUT2D eigenvalue weighted by molar-refractivity contribution is 7.14. The van der Waals surface area contributed by atoms with Crippen LogP contribution in [0, 0.1) is 17.9 Å².